The Kier molecular flexibility index (Phi) is 4.59. The Labute approximate surface area is 145 Å². The maximum atomic E-state index is 12.0. The van der Waals surface area contributed by atoms with Gasteiger partial charge >= 0.3 is 0 Å². The van der Waals surface area contributed by atoms with Crippen molar-refractivity contribution < 1.29 is 9.72 Å². The lowest BCUT2D eigenvalue weighted by Crippen LogP contribution is -2.19. The first-order valence-corrected chi connectivity index (χ1v) is 7.87. The van der Waals surface area contributed by atoms with E-state index in [1.165, 1.54) is 18.3 Å². The van der Waals surface area contributed by atoms with E-state index < -0.39 is 4.92 Å². The van der Waals surface area contributed by atoms with Crippen molar-refractivity contribution in [3.8, 4) is 0 Å². The molecule has 1 fully saturated rings. The Morgan fingerprint density at radius 1 is 1.29 bits per heavy atom. The lowest BCUT2D eigenvalue weighted by Gasteiger charge is -1.97. The Bertz CT molecular complexity index is 881. The van der Waals surface area contributed by atoms with Gasteiger partial charge in [-0.25, -0.2) is 9.98 Å². The van der Waals surface area contributed by atoms with E-state index in [0.29, 0.717) is 26.5 Å². The van der Waals surface area contributed by atoms with E-state index in [-0.39, 0.29) is 11.6 Å². The molecule has 0 aliphatic carbocycles. The zero-order valence-corrected chi connectivity index (χ0v) is 13.5. The van der Waals surface area contributed by atoms with Gasteiger partial charge in [0.2, 0.25) is 0 Å². The van der Waals surface area contributed by atoms with Crippen LogP contribution in [0.15, 0.2) is 52.5 Å². The standard InChI is InChI=1S/C15H9ClN4O3S/c16-10-5-6-13(17-8-10)18-15-19-14(21)12(24-15)7-9-3-1-2-4-11(9)20(22)23/h1-8H,(H,17,18,19,21)/b12-7-. The summed E-state index contributed by atoms with van der Waals surface area (Å²) in [6, 6.07) is 9.46. The number of thioether (sulfide) groups is 1. The topological polar surface area (TPSA) is 97.5 Å². The van der Waals surface area contributed by atoms with Crippen LogP contribution in [-0.2, 0) is 4.79 Å². The molecular weight excluding hydrogens is 352 g/mol. The van der Waals surface area contributed by atoms with Crippen LogP contribution in [0.1, 0.15) is 5.56 Å². The smallest absolute Gasteiger partial charge is 0.276 e. The quantitative estimate of drug-likeness (QED) is 0.513. The molecule has 2 heterocycles. The molecule has 7 nitrogen and oxygen atoms in total. The molecule has 3 rings (SSSR count). The number of nitro benzene ring substituents is 1. The van der Waals surface area contributed by atoms with Crippen LogP contribution in [0.25, 0.3) is 6.08 Å². The highest BCUT2D eigenvalue weighted by atomic mass is 35.5. The van der Waals surface area contributed by atoms with Crippen molar-refractivity contribution in [1.82, 2.24) is 10.3 Å². The second-order valence-electron chi connectivity index (χ2n) is 4.63. The number of nitrogens with one attached hydrogen (secondary N) is 1. The van der Waals surface area contributed by atoms with Gasteiger partial charge in [-0.3, -0.25) is 14.9 Å². The van der Waals surface area contributed by atoms with Crippen LogP contribution < -0.4 is 5.32 Å². The van der Waals surface area contributed by atoms with E-state index in [1.54, 1.807) is 30.3 Å². The summed E-state index contributed by atoms with van der Waals surface area (Å²) >= 11 is 6.84. The van der Waals surface area contributed by atoms with Crippen LogP contribution >= 0.6 is 23.4 Å². The van der Waals surface area contributed by atoms with Crippen molar-refractivity contribution in [3.05, 3.63) is 68.2 Å². The van der Waals surface area contributed by atoms with Gasteiger partial charge in [0.1, 0.15) is 0 Å². The number of para-hydroxylation sites is 1. The third-order valence-electron chi connectivity index (χ3n) is 3.00. The normalized spacial score (nSPS) is 17.3. The van der Waals surface area contributed by atoms with Gasteiger partial charge in [0.25, 0.3) is 11.6 Å². The molecule has 1 aliphatic rings. The first-order chi connectivity index (χ1) is 11.5. The van der Waals surface area contributed by atoms with Gasteiger partial charge in [-0.2, -0.15) is 0 Å². The molecule has 1 aliphatic heterocycles. The number of hydrogen-bond donors (Lipinski definition) is 1. The van der Waals surface area contributed by atoms with Gasteiger partial charge in [-0.05, 0) is 36.0 Å². The highest BCUT2D eigenvalue weighted by Gasteiger charge is 2.25. The zero-order valence-electron chi connectivity index (χ0n) is 12.0. The Morgan fingerprint density at radius 3 is 2.79 bits per heavy atom. The number of aliphatic imine (C=N–C) groups is 1. The Balaban J connectivity index is 1.88. The summed E-state index contributed by atoms with van der Waals surface area (Å²) in [6.07, 6.45) is 2.92. The second-order valence-corrected chi connectivity index (χ2v) is 6.10. The number of benzene rings is 1. The summed E-state index contributed by atoms with van der Waals surface area (Å²) in [5.41, 5.74) is 0.286. The number of hydrogen-bond acceptors (Lipinski definition) is 6. The number of nitrogens with zero attached hydrogens (tertiary/aromatic N) is 3. The number of amidine groups is 1. The molecule has 0 bridgehead atoms. The van der Waals surface area contributed by atoms with Crippen LogP contribution in [0, 0.1) is 10.1 Å². The lowest BCUT2D eigenvalue weighted by atomic mass is 10.1. The summed E-state index contributed by atoms with van der Waals surface area (Å²) in [7, 11) is 0. The number of carbonyl (C=O) groups excluding carboxylic acids is 1. The van der Waals surface area contributed by atoms with E-state index in [9.17, 15) is 14.9 Å². The largest absolute Gasteiger partial charge is 0.300 e. The molecule has 0 radical (unpaired) electrons. The van der Waals surface area contributed by atoms with Gasteiger partial charge in [0.05, 0.1) is 20.4 Å². The third-order valence-corrected chi connectivity index (χ3v) is 4.13. The Hall–Kier alpha value is -2.71. The van der Waals surface area contributed by atoms with Crippen molar-refractivity contribution in [2.24, 2.45) is 4.99 Å². The van der Waals surface area contributed by atoms with Crippen molar-refractivity contribution >= 4 is 52.0 Å². The first kappa shape index (κ1) is 16.2. The van der Waals surface area contributed by atoms with Crippen molar-refractivity contribution in [3.63, 3.8) is 0 Å². The fourth-order valence-electron chi connectivity index (χ4n) is 1.94. The average molecular weight is 361 g/mol. The molecule has 120 valence electrons. The number of aromatic nitrogens is 1. The molecule has 9 heteroatoms. The SMILES string of the molecule is O=C1NC(=Nc2ccc(Cl)cn2)S/C1=C\c1ccccc1[N+](=O)[O-]. The monoisotopic (exact) mass is 360 g/mol. The average Bonchev–Trinajstić information content (AvgIpc) is 2.89. The minimum absolute atomic E-state index is 0.0665. The van der Waals surface area contributed by atoms with Crippen LogP contribution in [0.2, 0.25) is 5.02 Å². The third kappa shape index (κ3) is 3.61. The molecule has 1 amide bonds. The molecule has 0 saturated carbocycles. The molecule has 24 heavy (non-hydrogen) atoms. The van der Waals surface area contributed by atoms with Gasteiger partial charge in [0.15, 0.2) is 11.0 Å². The van der Waals surface area contributed by atoms with Crippen LogP contribution in [0.5, 0.6) is 0 Å². The fourth-order valence-corrected chi connectivity index (χ4v) is 2.87. The Morgan fingerprint density at radius 2 is 2.08 bits per heavy atom. The molecule has 1 saturated heterocycles. The summed E-state index contributed by atoms with van der Waals surface area (Å²) in [5, 5.41) is 14.5. The van der Waals surface area contributed by atoms with E-state index in [0.717, 1.165) is 11.8 Å². The number of halogens is 1. The van der Waals surface area contributed by atoms with Crippen LogP contribution in [0.4, 0.5) is 11.5 Å². The van der Waals surface area contributed by atoms with Crippen molar-refractivity contribution in [2.45, 2.75) is 0 Å². The molecule has 0 atom stereocenters. The van der Waals surface area contributed by atoms with Crippen LogP contribution in [-0.4, -0.2) is 21.0 Å². The molecule has 0 spiro atoms. The molecule has 1 aromatic heterocycles. The number of nitro groups is 1. The van der Waals surface area contributed by atoms with E-state index in [1.807, 2.05) is 0 Å². The zero-order chi connectivity index (χ0) is 17.1. The number of pyridine rings is 1. The number of rotatable bonds is 3. The number of carbonyl (C=O) groups is 1. The maximum absolute atomic E-state index is 12.0. The highest BCUT2D eigenvalue weighted by Crippen LogP contribution is 2.30. The van der Waals surface area contributed by atoms with E-state index in [2.05, 4.69) is 15.3 Å². The summed E-state index contributed by atoms with van der Waals surface area (Å²) in [6.45, 7) is 0. The van der Waals surface area contributed by atoms with Gasteiger partial charge in [-0.1, -0.05) is 23.7 Å². The van der Waals surface area contributed by atoms with E-state index in [4.69, 9.17) is 11.6 Å². The van der Waals surface area contributed by atoms with Gasteiger partial charge in [-0.15, -0.1) is 0 Å². The predicted molar refractivity (Wildman–Crippen MR) is 93.1 cm³/mol. The summed E-state index contributed by atoms with van der Waals surface area (Å²) in [5.74, 6) is 0.0278. The van der Waals surface area contributed by atoms with E-state index >= 15 is 0 Å². The summed E-state index contributed by atoms with van der Waals surface area (Å²) < 4.78 is 0. The van der Waals surface area contributed by atoms with Crippen molar-refractivity contribution in [2.75, 3.05) is 0 Å². The number of amides is 1. The molecular formula is C15H9ClN4O3S. The minimum atomic E-state index is -0.490. The van der Waals surface area contributed by atoms with Gasteiger partial charge < -0.3 is 5.32 Å². The van der Waals surface area contributed by atoms with Gasteiger partial charge in [0, 0.05) is 12.3 Å². The first-order valence-electron chi connectivity index (χ1n) is 6.67. The molecule has 1 aromatic carbocycles. The molecule has 0 unspecified atom stereocenters. The lowest BCUT2D eigenvalue weighted by molar-refractivity contribution is -0.385. The second kappa shape index (κ2) is 6.81. The minimum Gasteiger partial charge on any atom is -0.300 e. The fraction of sp³-hybridized carbons (Fsp3) is 0. The highest BCUT2D eigenvalue weighted by molar-refractivity contribution is 8.18. The summed E-state index contributed by atoms with van der Waals surface area (Å²) in [4.78, 5) is 31.1. The van der Waals surface area contributed by atoms with Crippen LogP contribution in [0.3, 0.4) is 0 Å². The molecule has 1 N–H and O–H groups in total. The van der Waals surface area contributed by atoms with Crippen molar-refractivity contribution in [1.29, 1.82) is 0 Å². The maximum Gasteiger partial charge on any atom is 0.276 e. The molecule has 2 aromatic rings. The predicted octanol–water partition coefficient (Wildman–Crippen LogP) is 3.53.